The number of carboxylic acid groups (broad SMARTS) is 1. The van der Waals surface area contributed by atoms with Gasteiger partial charge in [0.1, 0.15) is 0 Å². The maximum absolute atomic E-state index is 11.5. The lowest BCUT2D eigenvalue weighted by molar-refractivity contribution is 0.0698. The van der Waals surface area contributed by atoms with Crippen molar-refractivity contribution in [3.05, 3.63) is 29.8 Å². The number of para-hydroxylation sites is 1. The van der Waals surface area contributed by atoms with E-state index in [4.69, 9.17) is 5.11 Å². The lowest BCUT2D eigenvalue weighted by Crippen LogP contribution is -2.30. The highest BCUT2D eigenvalue weighted by atomic mass is 16.4. The maximum Gasteiger partial charge on any atom is 0.337 e. The Morgan fingerprint density at radius 3 is 2.65 bits per heavy atom. The number of hydrogen-bond donors (Lipinski definition) is 3. The number of anilines is 1. The van der Waals surface area contributed by atoms with Crippen LogP contribution in [0.1, 0.15) is 23.2 Å². The molecule has 2 rings (SSSR count). The van der Waals surface area contributed by atoms with Crippen molar-refractivity contribution in [3.8, 4) is 0 Å². The molecule has 1 fully saturated rings. The zero-order chi connectivity index (χ0) is 12.3. The predicted octanol–water partition coefficient (Wildman–Crippen LogP) is 1.92. The molecule has 0 aromatic heterocycles. The Morgan fingerprint density at radius 2 is 2.00 bits per heavy atom. The summed E-state index contributed by atoms with van der Waals surface area (Å²) in [6.07, 6.45) is 2.32. The SMILES string of the molecule is O=C(NCC1CC1)Nc1ccccc1C(=O)O. The van der Waals surface area contributed by atoms with Crippen LogP contribution in [0.2, 0.25) is 0 Å². The van der Waals surface area contributed by atoms with Crippen LogP contribution in [0.4, 0.5) is 10.5 Å². The van der Waals surface area contributed by atoms with Gasteiger partial charge in [-0.2, -0.15) is 0 Å². The van der Waals surface area contributed by atoms with Crippen molar-refractivity contribution in [3.63, 3.8) is 0 Å². The van der Waals surface area contributed by atoms with E-state index in [0.29, 0.717) is 18.2 Å². The quantitative estimate of drug-likeness (QED) is 0.744. The maximum atomic E-state index is 11.5. The van der Waals surface area contributed by atoms with Crippen molar-refractivity contribution in [2.75, 3.05) is 11.9 Å². The number of nitrogens with one attached hydrogen (secondary N) is 2. The second-order valence-corrected chi connectivity index (χ2v) is 4.13. The van der Waals surface area contributed by atoms with Gasteiger partial charge in [0.25, 0.3) is 0 Å². The summed E-state index contributed by atoms with van der Waals surface area (Å²) >= 11 is 0. The van der Waals surface area contributed by atoms with Crippen molar-refractivity contribution in [1.82, 2.24) is 5.32 Å². The molecule has 0 unspecified atom stereocenters. The minimum Gasteiger partial charge on any atom is -0.478 e. The normalized spacial score (nSPS) is 14.1. The van der Waals surface area contributed by atoms with Crippen LogP contribution in [0.15, 0.2) is 24.3 Å². The minimum atomic E-state index is -1.05. The summed E-state index contributed by atoms with van der Waals surface area (Å²) in [7, 11) is 0. The lowest BCUT2D eigenvalue weighted by Gasteiger charge is -2.09. The molecule has 1 aliphatic carbocycles. The number of benzene rings is 1. The monoisotopic (exact) mass is 234 g/mol. The van der Waals surface area contributed by atoms with Crippen LogP contribution in [0.3, 0.4) is 0 Å². The molecule has 1 aromatic carbocycles. The van der Waals surface area contributed by atoms with Gasteiger partial charge in [0.15, 0.2) is 0 Å². The second kappa shape index (κ2) is 4.86. The van der Waals surface area contributed by atoms with E-state index in [9.17, 15) is 9.59 Å². The van der Waals surface area contributed by atoms with Gasteiger partial charge in [0.2, 0.25) is 0 Å². The van der Waals surface area contributed by atoms with Crippen LogP contribution < -0.4 is 10.6 Å². The third-order valence-corrected chi connectivity index (χ3v) is 2.65. The van der Waals surface area contributed by atoms with E-state index in [1.807, 2.05) is 0 Å². The summed E-state index contributed by atoms with van der Waals surface area (Å²) in [6.45, 7) is 0.654. The first-order chi connectivity index (χ1) is 8.16. The lowest BCUT2D eigenvalue weighted by atomic mass is 10.2. The summed E-state index contributed by atoms with van der Waals surface area (Å²) in [6, 6.07) is 5.98. The van der Waals surface area contributed by atoms with Gasteiger partial charge in [-0.05, 0) is 30.9 Å². The largest absolute Gasteiger partial charge is 0.478 e. The highest BCUT2D eigenvalue weighted by Gasteiger charge is 2.21. The number of urea groups is 1. The molecule has 2 amide bonds. The summed E-state index contributed by atoms with van der Waals surface area (Å²) in [4.78, 5) is 22.4. The molecule has 0 saturated heterocycles. The molecule has 90 valence electrons. The summed E-state index contributed by atoms with van der Waals surface area (Å²) < 4.78 is 0. The van der Waals surface area contributed by atoms with Crippen LogP contribution in [-0.2, 0) is 0 Å². The molecule has 5 nitrogen and oxygen atoms in total. The van der Waals surface area contributed by atoms with Gasteiger partial charge in [-0.3, -0.25) is 0 Å². The summed E-state index contributed by atoms with van der Waals surface area (Å²) in [5.41, 5.74) is 0.405. The van der Waals surface area contributed by atoms with E-state index in [0.717, 1.165) is 12.8 Å². The average molecular weight is 234 g/mol. The van der Waals surface area contributed by atoms with Gasteiger partial charge in [0.05, 0.1) is 11.3 Å². The van der Waals surface area contributed by atoms with E-state index < -0.39 is 5.97 Å². The van der Waals surface area contributed by atoms with Crippen molar-refractivity contribution in [1.29, 1.82) is 0 Å². The molecule has 0 bridgehead atoms. The van der Waals surface area contributed by atoms with E-state index in [1.54, 1.807) is 18.2 Å². The molecular weight excluding hydrogens is 220 g/mol. The Bertz CT molecular complexity index is 441. The first-order valence-electron chi connectivity index (χ1n) is 5.54. The topological polar surface area (TPSA) is 78.4 Å². The van der Waals surface area contributed by atoms with Crippen molar-refractivity contribution in [2.24, 2.45) is 5.92 Å². The third-order valence-electron chi connectivity index (χ3n) is 2.65. The predicted molar refractivity (Wildman–Crippen MR) is 63.1 cm³/mol. The van der Waals surface area contributed by atoms with Gasteiger partial charge in [0, 0.05) is 6.54 Å². The molecule has 3 N–H and O–H groups in total. The Labute approximate surface area is 98.8 Å². The Balaban J connectivity index is 1.96. The molecular formula is C12H14N2O3. The van der Waals surface area contributed by atoms with Crippen LogP contribution in [0.25, 0.3) is 0 Å². The Hall–Kier alpha value is -2.04. The van der Waals surface area contributed by atoms with Crippen LogP contribution in [0.5, 0.6) is 0 Å². The molecule has 0 radical (unpaired) electrons. The first-order valence-corrected chi connectivity index (χ1v) is 5.54. The standard InChI is InChI=1S/C12H14N2O3/c15-11(16)9-3-1-2-4-10(9)14-12(17)13-7-8-5-6-8/h1-4,8H,5-7H2,(H,15,16)(H2,13,14,17). The molecule has 0 atom stereocenters. The highest BCUT2D eigenvalue weighted by molar-refractivity contribution is 5.99. The molecule has 1 aromatic rings. The number of amides is 2. The Kier molecular flexibility index (Phi) is 3.27. The third kappa shape index (κ3) is 3.21. The van der Waals surface area contributed by atoms with Gasteiger partial charge < -0.3 is 15.7 Å². The minimum absolute atomic E-state index is 0.0917. The number of hydrogen-bond acceptors (Lipinski definition) is 2. The van der Waals surface area contributed by atoms with Crippen molar-refractivity contribution >= 4 is 17.7 Å². The Morgan fingerprint density at radius 1 is 1.29 bits per heavy atom. The fraction of sp³-hybridized carbons (Fsp3) is 0.333. The molecule has 0 spiro atoms. The fourth-order valence-corrected chi connectivity index (χ4v) is 1.50. The number of aromatic carboxylic acids is 1. The highest BCUT2D eigenvalue weighted by Crippen LogP contribution is 2.27. The van der Waals surface area contributed by atoms with E-state index in [2.05, 4.69) is 10.6 Å². The van der Waals surface area contributed by atoms with Crippen LogP contribution >= 0.6 is 0 Å². The molecule has 1 aliphatic rings. The smallest absolute Gasteiger partial charge is 0.337 e. The van der Waals surface area contributed by atoms with Crippen LogP contribution in [-0.4, -0.2) is 23.7 Å². The fourth-order valence-electron chi connectivity index (χ4n) is 1.50. The van der Waals surface area contributed by atoms with E-state index in [1.165, 1.54) is 6.07 Å². The number of carbonyl (C=O) groups is 2. The van der Waals surface area contributed by atoms with Gasteiger partial charge in [-0.15, -0.1) is 0 Å². The zero-order valence-electron chi connectivity index (χ0n) is 9.27. The molecule has 5 heteroatoms. The van der Waals surface area contributed by atoms with Crippen LogP contribution in [0, 0.1) is 5.92 Å². The molecule has 0 aliphatic heterocycles. The molecule has 0 heterocycles. The van der Waals surface area contributed by atoms with Gasteiger partial charge in [-0.25, -0.2) is 9.59 Å². The van der Waals surface area contributed by atoms with Crippen molar-refractivity contribution < 1.29 is 14.7 Å². The zero-order valence-corrected chi connectivity index (χ0v) is 9.27. The second-order valence-electron chi connectivity index (χ2n) is 4.13. The average Bonchev–Trinajstić information content (AvgIpc) is 3.10. The molecule has 17 heavy (non-hydrogen) atoms. The summed E-state index contributed by atoms with van der Waals surface area (Å²) in [5, 5.41) is 14.2. The van der Waals surface area contributed by atoms with E-state index in [-0.39, 0.29) is 11.6 Å². The number of rotatable bonds is 4. The number of carboxylic acids is 1. The summed E-state index contributed by atoms with van der Waals surface area (Å²) in [5.74, 6) is -0.460. The van der Waals surface area contributed by atoms with Gasteiger partial charge >= 0.3 is 12.0 Å². The number of carbonyl (C=O) groups excluding carboxylic acids is 1. The first kappa shape index (κ1) is 11.4. The van der Waals surface area contributed by atoms with Gasteiger partial charge in [-0.1, -0.05) is 12.1 Å². The van der Waals surface area contributed by atoms with E-state index >= 15 is 0 Å². The molecule has 1 saturated carbocycles. The van der Waals surface area contributed by atoms with Crippen molar-refractivity contribution in [2.45, 2.75) is 12.8 Å².